The lowest BCUT2D eigenvalue weighted by molar-refractivity contribution is 0.483. The Balaban J connectivity index is 2.45. The van der Waals surface area contributed by atoms with Crippen LogP contribution in [0.15, 0.2) is 24.3 Å². The van der Waals surface area contributed by atoms with Crippen LogP contribution in [-0.4, -0.2) is 12.1 Å². The van der Waals surface area contributed by atoms with Crippen LogP contribution in [0.25, 0.3) is 0 Å². The molecule has 0 saturated carbocycles. The maximum Gasteiger partial charge on any atom is 0.0343 e. The molecule has 2 heteroatoms. The van der Waals surface area contributed by atoms with Gasteiger partial charge in [-0.15, -0.1) is 0 Å². The van der Waals surface area contributed by atoms with Crippen LogP contribution in [0.3, 0.4) is 0 Å². The fraction of sp³-hybridized carbons (Fsp3) is 0.700. The summed E-state index contributed by atoms with van der Waals surface area (Å²) in [6.07, 6.45) is 4.96. The summed E-state index contributed by atoms with van der Waals surface area (Å²) in [5.41, 5.74) is 2.44. The topological polar surface area (TPSA) is 24.1 Å². The van der Waals surface area contributed by atoms with E-state index in [2.05, 4.69) is 76.4 Å². The van der Waals surface area contributed by atoms with Gasteiger partial charge in [0.25, 0.3) is 0 Å². The maximum absolute atomic E-state index is 3.60. The van der Waals surface area contributed by atoms with Crippen LogP contribution < -0.4 is 10.6 Å². The number of nitrogens with one attached hydrogen (secondary N) is 2. The minimum atomic E-state index is 0.526. The SMILES string of the molecule is CCC(C)CC(C)Nc1ccc(NC(C)CC(C)CC)cc1. The molecule has 0 aromatic heterocycles. The average Bonchev–Trinajstić information content (AvgIpc) is 2.48. The smallest absolute Gasteiger partial charge is 0.0343 e. The second-order valence-electron chi connectivity index (χ2n) is 7.17. The molecule has 2 nitrogen and oxygen atoms in total. The highest BCUT2D eigenvalue weighted by Crippen LogP contribution is 2.19. The summed E-state index contributed by atoms with van der Waals surface area (Å²) in [6.45, 7) is 13.7. The quantitative estimate of drug-likeness (QED) is 0.541. The lowest BCUT2D eigenvalue weighted by atomic mass is 10.00. The molecule has 126 valence electrons. The van der Waals surface area contributed by atoms with Crippen LogP contribution in [0.1, 0.15) is 67.2 Å². The van der Waals surface area contributed by atoms with E-state index in [1.54, 1.807) is 0 Å². The van der Waals surface area contributed by atoms with Crippen LogP contribution in [0.2, 0.25) is 0 Å². The van der Waals surface area contributed by atoms with Crippen LogP contribution in [0.5, 0.6) is 0 Å². The molecule has 0 aliphatic rings. The van der Waals surface area contributed by atoms with Crippen molar-refractivity contribution < 1.29 is 0 Å². The van der Waals surface area contributed by atoms with Crippen molar-refractivity contribution in [1.29, 1.82) is 0 Å². The molecule has 4 atom stereocenters. The monoisotopic (exact) mass is 304 g/mol. The molecular weight excluding hydrogens is 268 g/mol. The van der Waals surface area contributed by atoms with Gasteiger partial charge in [-0.25, -0.2) is 0 Å². The third-order valence-corrected chi connectivity index (χ3v) is 4.62. The Morgan fingerprint density at radius 2 is 1.00 bits per heavy atom. The molecule has 0 radical (unpaired) electrons. The van der Waals surface area contributed by atoms with E-state index >= 15 is 0 Å². The zero-order valence-corrected chi connectivity index (χ0v) is 15.4. The van der Waals surface area contributed by atoms with Gasteiger partial charge < -0.3 is 10.6 Å². The summed E-state index contributed by atoms with van der Waals surface area (Å²) in [6, 6.07) is 9.80. The van der Waals surface area contributed by atoms with Crippen LogP contribution in [0, 0.1) is 11.8 Å². The highest BCUT2D eigenvalue weighted by molar-refractivity contribution is 5.54. The fourth-order valence-electron chi connectivity index (χ4n) is 2.89. The van der Waals surface area contributed by atoms with Crippen molar-refractivity contribution >= 4 is 11.4 Å². The normalized spacial score (nSPS) is 16.6. The molecule has 0 aliphatic carbocycles. The zero-order chi connectivity index (χ0) is 16.5. The van der Waals surface area contributed by atoms with Crippen molar-refractivity contribution in [3.05, 3.63) is 24.3 Å². The van der Waals surface area contributed by atoms with E-state index in [9.17, 15) is 0 Å². The summed E-state index contributed by atoms with van der Waals surface area (Å²) in [4.78, 5) is 0. The van der Waals surface area contributed by atoms with Gasteiger partial charge in [-0.2, -0.15) is 0 Å². The van der Waals surface area contributed by atoms with Crippen molar-refractivity contribution in [2.45, 2.75) is 79.3 Å². The van der Waals surface area contributed by atoms with Crippen LogP contribution in [0.4, 0.5) is 11.4 Å². The molecule has 0 fully saturated rings. The minimum Gasteiger partial charge on any atom is -0.383 e. The number of benzene rings is 1. The lowest BCUT2D eigenvalue weighted by Crippen LogP contribution is -2.19. The molecule has 1 aromatic rings. The van der Waals surface area contributed by atoms with E-state index in [4.69, 9.17) is 0 Å². The maximum atomic E-state index is 3.60. The zero-order valence-electron chi connectivity index (χ0n) is 15.4. The Hall–Kier alpha value is -1.18. The third kappa shape index (κ3) is 7.20. The fourth-order valence-corrected chi connectivity index (χ4v) is 2.89. The Morgan fingerprint density at radius 1 is 0.682 bits per heavy atom. The highest BCUT2D eigenvalue weighted by Gasteiger charge is 2.08. The van der Waals surface area contributed by atoms with E-state index < -0.39 is 0 Å². The Bertz CT molecular complexity index is 360. The Kier molecular flexibility index (Phi) is 8.37. The van der Waals surface area contributed by atoms with Gasteiger partial charge in [0.05, 0.1) is 0 Å². The second-order valence-corrected chi connectivity index (χ2v) is 7.17. The molecule has 0 spiro atoms. The molecule has 1 rings (SSSR count). The molecule has 0 amide bonds. The van der Waals surface area contributed by atoms with Gasteiger partial charge in [0.1, 0.15) is 0 Å². The number of hydrogen-bond donors (Lipinski definition) is 2. The van der Waals surface area contributed by atoms with Crippen LogP contribution >= 0.6 is 0 Å². The first-order chi connectivity index (χ1) is 10.4. The van der Waals surface area contributed by atoms with E-state index in [-0.39, 0.29) is 0 Å². The lowest BCUT2D eigenvalue weighted by Gasteiger charge is -2.20. The molecule has 2 N–H and O–H groups in total. The molecule has 0 heterocycles. The number of rotatable bonds is 10. The molecule has 0 saturated heterocycles. The van der Waals surface area contributed by atoms with Gasteiger partial charge in [-0.1, -0.05) is 40.5 Å². The Morgan fingerprint density at radius 3 is 1.27 bits per heavy atom. The number of anilines is 2. The summed E-state index contributed by atoms with van der Waals surface area (Å²) in [5.74, 6) is 1.56. The minimum absolute atomic E-state index is 0.526. The average molecular weight is 305 g/mol. The van der Waals surface area contributed by atoms with Crippen molar-refractivity contribution in [3.8, 4) is 0 Å². The van der Waals surface area contributed by atoms with E-state index in [1.165, 1.54) is 37.1 Å². The van der Waals surface area contributed by atoms with Crippen molar-refractivity contribution in [1.82, 2.24) is 0 Å². The Labute approximate surface area is 138 Å². The van der Waals surface area contributed by atoms with E-state index in [1.807, 2.05) is 0 Å². The summed E-state index contributed by atoms with van der Waals surface area (Å²) >= 11 is 0. The second kappa shape index (κ2) is 9.76. The predicted octanol–water partition coefficient (Wildman–Crippen LogP) is 6.16. The molecule has 22 heavy (non-hydrogen) atoms. The van der Waals surface area contributed by atoms with E-state index in [0.29, 0.717) is 12.1 Å². The van der Waals surface area contributed by atoms with Gasteiger partial charge >= 0.3 is 0 Å². The van der Waals surface area contributed by atoms with Crippen molar-refractivity contribution in [3.63, 3.8) is 0 Å². The number of hydrogen-bond acceptors (Lipinski definition) is 2. The summed E-state index contributed by atoms with van der Waals surface area (Å²) in [7, 11) is 0. The molecule has 0 aliphatic heterocycles. The molecule has 1 aromatic carbocycles. The van der Waals surface area contributed by atoms with Crippen molar-refractivity contribution in [2.75, 3.05) is 10.6 Å². The van der Waals surface area contributed by atoms with E-state index in [0.717, 1.165) is 11.8 Å². The molecular formula is C20H36N2. The summed E-state index contributed by atoms with van der Waals surface area (Å²) in [5, 5.41) is 7.20. The highest BCUT2D eigenvalue weighted by atomic mass is 14.9. The van der Waals surface area contributed by atoms with Gasteiger partial charge in [-0.3, -0.25) is 0 Å². The first-order valence-electron chi connectivity index (χ1n) is 9.07. The largest absolute Gasteiger partial charge is 0.383 e. The first kappa shape index (κ1) is 18.9. The van der Waals surface area contributed by atoms with Crippen LogP contribution in [-0.2, 0) is 0 Å². The van der Waals surface area contributed by atoms with Gasteiger partial charge in [0.2, 0.25) is 0 Å². The van der Waals surface area contributed by atoms with Gasteiger partial charge in [-0.05, 0) is 62.8 Å². The predicted molar refractivity (Wildman–Crippen MR) is 101 cm³/mol. The van der Waals surface area contributed by atoms with Crippen molar-refractivity contribution in [2.24, 2.45) is 11.8 Å². The molecule has 0 bridgehead atoms. The third-order valence-electron chi connectivity index (χ3n) is 4.62. The first-order valence-corrected chi connectivity index (χ1v) is 9.07. The van der Waals surface area contributed by atoms with Gasteiger partial charge in [0.15, 0.2) is 0 Å². The standard InChI is InChI=1S/C20H36N2/c1-7-15(3)13-17(5)21-19-9-11-20(12-10-19)22-18(6)14-16(4)8-2/h9-12,15-18,21-22H,7-8,13-14H2,1-6H3. The summed E-state index contributed by atoms with van der Waals surface area (Å²) < 4.78 is 0. The molecule has 4 unspecified atom stereocenters. The van der Waals surface area contributed by atoms with Gasteiger partial charge in [0, 0.05) is 23.5 Å².